The molecule has 3 rings (SSSR count). The van der Waals surface area contributed by atoms with Gasteiger partial charge in [-0.25, -0.2) is 0 Å². The number of hydrogen-bond acceptors (Lipinski definition) is 6. The van der Waals surface area contributed by atoms with Gasteiger partial charge in [0.2, 0.25) is 11.8 Å². The van der Waals surface area contributed by atoms with Crippen molar-refractivity contribution in [3.8, 4) is 5.75 Å². The summed E-state index contributed by atoms with van der Waals surface area (Å²) >= 11 is 0. The second-order valence-corrected chi connectivity index (χ2v) is 8.06. The molecule has 1 atom stereocenters. The normalized spacial score (nSPS) is 15.4. The van der Waals surface area contributed by atoms with Gasteiger partial charge in [0.05, 0.1) is 18.1 Å². The third-order valence-electron chi connectivity index (χ3n) is 5.96. The van der Waals surface area contributed by atoms with Gasteiger partial charge in [0.25, 0.3) is 5.69 Å². The van der Waals surface area contributed by atoms with Crippen LogP contribution in [0.1, 0.15) is 25.3 Å². The van der Waals surface area contributed by atoms with Crippen molar-refractivity contribution < 1.29 is 19.2 Å². The van der Waals surface area contributed by atoms with Crippen LogP contribution in [0, 0.1) is 10.1 Å². The molecule has 33 heavy (non-hydrogen) atoms. The van der Waals surface area contributed by atoms with E-state index in [-0.39, 0.29) is 23.2 Å². The van der Waals surface area contributed by atoms with E-state index in [0.717, 1.165) is 17.7 Å². The van der Waals surface area contributed by atoms with Crippen molar-refractivity contribution in [3.63, 3.8) is 0 Å². The lowest BCUT2D eigenvalue weighted by Gasteiger charge is -2.27. The summed E-state index contributed by atoms with van der Waals surface area (Å²) < 4.78 is 5.16. The molecule has 1 saturated heterocycles. The zero-order chi connectivity index (χ0) is 23.8. The van der Waals surface area contributed by atoms with Crippen LogP contribution in [0.2, 0.25) is 0 Å². The fourth-order valence-electron chi connectivity index (χ4n) is 3.92. The number of amides is 2. The standard InChI is InChI=1S/C24H30N4O5/c1-18(24(30)25-21-6-3-4-7-22(21)28(31)32)26-14-5-15-27(17-16-26)23(29)13-10-19-8-11-20(33-2)12-9-19/h3-4,6-9,11-12,18H,5,10,13-17H2,1-2H3,(H,25,30). The molecular formula is C24H30N4O5. The SMILES string of the molecule is COc1ccc(CCC(=O)N2CCCN(C(C)C(=O)Nc3ccccc3[N+](=O)[O-])CC2)cc1. The summed E-state index contributed by atoms with van der Waals surface area (Å²) in [6.45, 7) is 4.22. The molecule has 1 fully saturated rings. The lowest BCUT2D eigenvalue weighted by atomic mass is 10.1. The summed E-state index contributed by atoms with van der Waals surface area (Å²) in [5.41, 5.74) is 1.13. The molecule has 0 radical (unpaired) electrons. The van der Waals surface area contributed by atoms with Gasteiger partial charge < -0.3 is 15.0 Å². The monoisotopic (exact) mass is 454 g/mol. The summed E-state index contributed by atoms with van der Waals surface area (Å²) in [4.78, 5) is 40.0. The van der Waals surface area contributed by atoms with Crippen LogP contribution < -0.4 is 10.1 Å². The first-order chi connectivity index (χ1) is 15.9. The van der Waals surface area contributed by atoms with Gasteiger partial charge in [-0.1, -0.05) is 24.3 Å². The Balaban J connectivity index is 1.51. The first-order valence-electron chi connectivity index (χ1n) is 11.1. The highest BCUT2D eigenvalue weighted by Gasteiger charge is 2.27. The van der Waals surface area contributed by atoms with Gasteiger partial charge in [0, 0.05) is 38.7 Å². The molecule has 0 spiro atoms. The Morgan fingerprint density at radius 3 is 2.52 bits per heavy atom. The number of nitrogens with zero attached hydrogens (tertiary/aromatic N) is 3. The smallest absolute Gasteiger partial charge is 0.292 e. The Labute approximate surface area is 193 Å². The summed E-state index contributed by atoms with van der Waals surface area (Å²) in [6.07, 6.45) is 1.86. The predicted octanol–water partition coefficient (Wildman–Crippen LogP) is 3.10. The zero-order valence-corrected chi connectivity index (χ0v) is 19.0. The fraction of sp³-hybridized carbons (Fsp3) is 0.417. The number of methoxy groups -OCH3 is 1. The molecule has 2 aromatic rings. The number of carbonyl (C=O) groups excluding carboxylic acids is 2. The summed E-state index contributed by atoms with van der Waals surface area (Å²) in [5.74, 6) is 0.589. The number of aryl methyl sites for hydroxylation is 1. The molecule has 1 aliphatic rings. The van der Waals surface area contributed by atoms with Gasteiger partial charge in [0.15, 0.2) is 0 Å². The second kappa shape index (κ2) is 11.4. The van der Waals surface area contributed by atoms with Gasteiger partial charge >= 0.3 is 0 Å². The molecule has 0 aromatic heterocycles. The van der Waals surface area contributed by atoms with E-state index in [4.69, 9.17) is 4.74 Å². The number of nitro benzene ring substituents is 1. The number of para-hydroxylation sites is 2. The van der Waals surface area contributed by atoms with Crippen molar-refractivity contribution >= 4 is 23.2 Å². The molecule has 1 aliphatic heterocycles. The Hall–Kier alpha value is -3.46. The number of carbonyl (C=O) groups is 2. The zero-order valence-electron chi connectivity index (χ0n) is 19.0. The van der Waals surface area contributed by atoms with Crippen molar-refractivity contribution in [1.82, 2.24) is 9.80 Å². The number of nitrogens with one attached hydrogen (secondary N) is 1. The van der Waals surface area contributed by atoms with Crippen molar-refractivity contribution in [2.75, 3.05) is 38.6 Å². The molecule has 1 heterocycles. The van der Waals surface area contributed by atoms with E-state index in [9.17, 15) is 19.7 Å². The van der Waals surface area contributed by atoms with E-state index in [1.165, 1.54) is 12.1 Å². The maximum Gasteiger partial charge on any atom is 0.292 e. The maximum absolute atomic E-state index is 12.8. The van der Waals surface area contributed by atoms with Gasteiger partial charge in [-0.3, -0.25) is 24.6 Å². The quantitative estimate of drug-likeness (QED) is 0.485. The van der Waals surface area contributed by atoms with E-state index in [2.05, 4.69) is 5.32 Å². The Morgan fingerprint density at radius 1 is 1.09 bits per heavy atom. The lowest BCUT2D eigenvalue weighted by molar-refractivity contribution is -0.383. The number of benzene rings is 2. The molecule has 9 nitrogen and oxygen atoms in total. The van der Waals surface area contributed by atoms with E-state index in [1.54, 1.807) is 26.2 Å². The second-order valence-electron chi connectivity index (χ2n) is 8.06. The number of hydrogen-bond donors (Lipinski definition) is 1. The number of rotatable bonds is 8. The summed E-state index contributed by atoms with van der Waals surface area (Å²) in [7, 11) is 1.62. The van der Waals surface area contributed by atoms with E-state index < -0.39 is 11.0 Å². The van der Waals surface area contributed by atoms with Crippen LogP contribution in [0.25, 0.3) is 0 Å². The van der Waals surface area contributed by atoms with Crippen molar-refractivity contribution in [2.45, 2.75) is 32.2 Å². The lowest BCUT2D eigenvalue weighted by Crippen LogP contribution is -2.44. The van der Waals surface area contributed by atoms with Crippen LogP contribution in [0.15, 0.2) is 48.5 Å². The summed E-state index contributed by atoms with van der Waals surface area (Å²) in [5, 5.41) is 13.9. The molecule has 2 aromatic carbocycles. The molecule has 1 unspecified atom stereocenters. The van der Waals surface area contributed by atoms with E-state index in [0.29, 0.717) is 39.0 Å². The third kappa shape index (κ3) is 6.52. The first-order valence-corrected chi connectivity index (χ1v) is 11.1. The average molecular weight is 455 g/mol. The Morgan fingerprint density at radius 2 is 1.82 bits per heavy atom. The number of anilines is 1. The Kier molecular flexibility index (Phi) is 8.37. The minimum absolute atomic E-state index is 0.102. The number of ether oxygens (including phenoxy) is 1. The molecule has 176 valence electrons. The van der Waals surface area contributed by atoms with Crippen LogP contribution >= 0.6 is 0 Å². The highest BCUT2D eigenvalue weighted by atomic mass is 16.6. The molecule has 9 heteroatoms. The van der Waals surface area contributed by atoms with Gasteiger partial charge in [-0.2, -0.15) is 0 Å². The molecule has 0 bridgehead atoms. The molecule has 2 amide bonds. The average Bonchev–Trinajstić information content (AvgIpc) is 3.09. The highest BCUT2D eigenvalue weighted by Crippen LogP contribution is 2.23. The van der Waals surface area contributed by atoms with E-state index in [1.807, 2.05) is 34.1 Å². The molecular weight excluding hydrogens is 424 g/mol. The first kappa shape index (κ1) is 24.2. The largest absolute Gasteiger partial charge is 0.497 e. The van der Waals surface area contributed by atoms with Crippen molar-refractivity contribution in [2.24, 2.45) is 0 Å². The van der Waals surface area contributed by atoms with E-state index >= 15 is 0 Å². The fourth-order valence-corrected chi connectivity index (χ4v) is 3.92. The van der Waals surface area contributed by atoms with Crippen LogP contribution in [0.5, 0.6) is 5.75 Å². The molecule has 0 saturated carbocycles. The third-order valence-corrected chi connectivity index (χ3v) is 5.96. The minimum atomic E-state index is -0.512. The van der Waals surface area contributed by atoms with Crippen molar-refractivity contribution in [1.29, 1.82) is 0 Å². The minimum Gasteiger partial charge on any atom is -0.497 e. The predicted molar refractivity (Wildman–Crippen MR) is 125 cm³/mol. The summed E-state index contributed by atoms with van der Waals surface area (Å²) in [6, 6.07) is 13.3. The van der Waals surface area contributed by atoms with Crippen molar-refractivity contribution in [3.05, 3.63) is 64.2 Å². The maximum atomic E-state index is 12.8. The van der Waals surface area contributed by atoms with Crippen LogP contribution in [0.4, 0.5) is 11.4 Å². The topological polar surface area (TPSA) is 105 Å². The van der Waals surface area contributed by atoms with Crippen LogP contribution in [-0.2, 0) is 16.0 Å². The Bertz CT molecular complexity index is 979. The van der Waals surface area contributed by atoms with Crippen LogP contribution in [-0.4, -0.2) is 65.9 Å². The number of nitro groups is 1. The molecule has 1 N–H and O–H groups in total. The van der Waals surface area contributed by atoms with Gasteiger partial charge in [-0.05, 0) is 43.5 Å². The van der Waals surface area contributed by atoms with Crippen LogP contribution in [0.3, 0.4) is 0 Å². The van der Waals surface area contributed by atoms with Gasteiger partial charge in [-0.15, -0.1) is 0 Å². The van der Waals surface area contributed by atoms with Gasteiger partial charge in [0.1, 0.15) is 11.4 Å². The molecule has 0 aliphatic carbocycles. The highest BCUT2D eigenvalue weighted by molar-refractivity contribution is 5.96.